The zero-order valence-electron chi connectivity index (χ0n) is 17.7. The number of piperazine rings is 1. The maximum Gasteiger partial charge on any atom is 0.242 e. The molecule has 160 valence electrons. The van der Waals surface area contributed by atoms with Gasteiger partial charge in [0.15, 0.2) is 11.5 Å². The molecule has 0 bridgehead atoms. The minimum Gasteiger partial charge on any atom is -0.454 e. The number of amides is 1. The predicted molar refractivity (Wildman–Crippen MR) is 117 cm³/mol. The number of quaternary nitrogens is 1. The summed E-state index contributed by atoms with van der Waals surface area (Å²) < 4.78 is 10.7. The quantitative estimate of drug-likeness (QED) is 0.640. The lowest BCUT2D eigenvalue weighted by molar-refractivity contribution is -0.898. The normalized spacial score (nSPS) is 16.9. The minimum absolute atomic E-state index is 0.0459. The Balaban J connectivity index is 1.26. The van der Waals surface area contributed by atoms with Crippen molar-refractivity contribution in [3.05, 3.63) is 48.0 Å². The van der Waals surface area contributed by atoms with E-state index < -0.39 is 0 Å². The number of fused-ring (bicyclic) bond motifs is 1. The molecule has 0 saturated carbocycles. The molecule has 7 heteroatoms. The van der Waals surface area contributed by atoms with Crippen LogP contribution in [0.2, 0.25) is 0 Å². The molecule has 30 heavy (non-hydrogen) atoms. The lowest BCUT2D eigenvalue weighted by Crippen LogP contribution is -3.14. The zero-order valence-corrected chi connectivity index (χ0v) is 17.7. The number of nitrogens with zero attached hydrogens (tertiary/aromatic N) is 1. The highest BCUT2D eigenvalue weighted by Crippen LogP contribution is 2.32. The van der Waals surface area contributed by atoms with Gasteiger partial charge in [-0.15, -0.1) is 0 Å². The largest absolute Gasteiger partial charge is 0.454 e. The van der Waals surface area contributed by atoms with E-state index in [2.05, 4.69) is 46.7 Å². The number of hydrogen-bond donors (Lipinski definition) is 3. The van der Waals surface area contributed by atoms with Crippen molar-refractivity contribution in [2.75, 3.05) is 49.7 Å². The second-order valence-electron chi connectivity index (χ2n) is 7.91. The van der Waals surface area contributed by atoms with E-state index in [9.17, 15) is 4.79 Å². The molecular formula is C23H31N4O3+. The van der Waals surface area contributed by atoms with E-state index in [0.29, 0.717) is 6.54 Å². The number of carbonyl (C=O) groups excluding carboxylic acids is 1. The SMILES string of the molecule is CC[NH+]1CCN(c2ccc(N[C@@H](C)C(=O)NCc3ccc4c(c3)OCO4)cc2)CC1. The number of likely N-dealkylation sites (N-methyl/N-ethyl adjacent to an activating group) is 1. The highest BCUT2D eigenvalue weighted by Gasteiger charge is 2.19. The Morgan fingerprint density at radius 1 is 1.10 bits per heavy atom. The Bertz CT molecular complexity index is 863. The molecule has 1 amide bonds. The molecule has 1 atom stereocenters. The molecule has 7 nitrogen and oxygen atoms in total. The number of hydrogen-bond acceptors (Lipinski definition) is 5. The maximum atomic E-state index is 12.5. The molecule has 4 rings (SSSR count). The average Bonchev–Trinajstić information content (AvgIpc) is 3.26. The first-order chi connectivity index (χ1) is 14.6. The Kier molecular flexibility index (Phi) is 6.28. The molecule has 0 aromatic heterocycles. The van der Waals surface area contributed by atoms with Crippen LogP contribution in [-0.2, 0) is 11.3 Å². The van der Waals surface area contributed by atoms with Gasteiger partial charge in [0.1, 0.15) is 6.04 Å². The van der Waals surface area contributed by atoms with Crippen LogP contribution in [0.15, 0.2) is 42.5 Å². The minimum atomic E-state index is -0.332. The average molecular weight is 412 g/mol. The third-order valence-corrected chi connectivity index (χ3v) is 5.88. The van der Waals surface area contributed by atoms with Gasteiger partial charge < -0.3 is 29.9 Å². The highest BCUT2D eigenvalue weighted by molar-refractivity contribution is 5.84. The number of ether oxygens (including phenoxy) is 2. The van der Waals surface area contributed by atoms with Crippen LogP contribution in [0.25, 0.3) is 0 Å². The molecule has 1 saturated heterocycles. The van der Waals surface area contributed by atoms with E-state index >= 15 is 0 Å². The van der Waals surface area contributed by atoms with Crippen LogP contribution in [0.5, 0.6) is 11.5 Å². The van der Waals surface area contributed by atoms with Gasteiger partial charge in [0.25, 0.3) is 0 Å². The molecule has 2 aromatic rings. The molecule has 0 spiro atoms. The van der Waals surface area contributed by atoms with E-state index in [1.54, 1.807) is 4.90 Å². The van der Waals surface area contributed by atoms with Gasteiger partial charge in [-0.1, -0.05) is 6.07 Å². The van der Waals surface area contributed by atoms with Crippen molar-refractivity contribution in [1.29, 1.82) is 0 Å². The van der Waals surface area contributed by atoms with Gasteiger partial charge in [0.05, 0.1) is 32.7 Å². The molecule has 2 heterocycles. The van der Waals surface area contributed by atoms with Crippen LogP contribution < -0.4 is 29.9 Å². The Morgan fingerprint density at radius 3 is 2.57 bits per heavy atom. The summed E-state index contributed by atoms with van der Waals surface area (Å²) in [5.74, 6) is 1.43. The van der Waals surface area contributed by atoms with Gasteiger partial charge in [-0.25, -0.2) is 0 Å². The monoisotopic (exact) mass is 411 g/mol. The molecule has 1 fully saturated rings. The molecule has 0 unspecified atom stereocenters. The molecule has 2 aromatic carbocycles. The van der Waals surface area contributed by atoms with Crippen molar-refractivity contribution >= 4 is 17.3 Å². The zero-order chi connectivity index (χ0) is 20.9. The number of nitrogens with one attached hydrogen (secondary N) is 3. The second-order valence-corrected chi connectivity index (χ2v) is 7.91. The van der Waals surface area contributed by atoms with Crippen molar-refractivity contribution < 1.29 is 19.2 Å². The van der Waals surface area contributed by atoms with E-state index in [0.717, 1.165) is 35.8 Å². The fraction of sp³-hybridized carbons (Fsp3) is 0.435. The van der Waals surface area contributed by atoms with E-state index in [1.807, 2.05) is 25.1 Å². The second kappa shape index (κ2) is 9.26. The number of anilines is 2. The summed E-state index contributed by atoms with van der Waals surface area (Å²) in [7, 11) is 0. The van der Waals surface area contributed by atoms with Gasteiger partial charge in [-0.2, -0.15) is 0 Å². The molecule has 2 aliphatic rings. The summed E-state index contributed by atoms with van der Waals surface area (Å²) >= 11 is 0. The smallest absolute Gasteiger partial charge is 0.242 e. The molecule has 2 aliphatic heterocycles. The van der Waals surface area contributed by atoms with Gasteiger partial charge in [-0.3, -0.25) is 4.79 Å². The fourth-order valence-corrected chi connectivity index (χ4v) is 3.91. The van der Waals surface area contributed by atoms with Gasteiger partial charge in [-0.05, 0) is 55.8 Å². The summed E-state index contributed by atoms with van der Waals surface area (Å²) in [6.45, 7) is 10.6. The summed E-state index contributed by atoms with van der Waals surface area (Å²) in [5.41, 5.74) is 3.17. The lowest BCUT2D eigenvalue weighted by Gasteiger charge is -2.33. The Morgan fingerprint density at radius 2 is 1.83 bits per heavy atom. The van der Waals surface area contributed by atoms with Gasteiger partial charge >= 0.3 is 0 Å². The highest BCUT2D eigenvalue weighted by atomic mass is 16.7. The first-order valence-electron chi connectivity index (χ1n) is 10.7. The van der Waals surface area contributed by atoms with Crippen LogP contribution in [0, 0.1) is 0 Å². The molecule has 3 N–H and O–H groups in total. The van der Waals surface area contributed by atoms with Crippen molar-refractivity contribution in [2.45, 2.75) is 26.4 Å². The van der Waals surface area contributed by atoms with Crippen LogP contribution in [0.3, 0.4) is 0 Å². The summed E-state index contributed by atoms with van der Waals surface area (Å²) in [6.07, 6.45) is 0. The van der Waals surface area contributed by atoms with Gasteiger partial charge in [0, 0.05) is 17.9 Å². The van der Waals surface area contributed by atoms with Crippen LogP contribution in [-0.4, -0.2) is 51.5 Å². The number of carbonyl (C=O) groups is 1. The standard InChI is InChI=1S/C23H30N4O3/c1-3-26-10-12-27(13-11-26)20-7-5-19(6-8-20)25-17(2)23(28)24-15-18-4-9-21-22(14-18)30-16-29-21/h4-9,14,17,25H,3,10-13,15-16H2,1-2H3,(H,24,28)/p+1/t17-/m0/s1. The summed E-state index contributed by atoms with van der Waals surface area (Å²) in [6, 6.07) is 13.8. The van der Waals surface area contributed by atoms with Crippen LogP contribution >= 0.6 is 0 Å². The maximum absolute atomic E-state index is 12.5. The lowest BCUT2D eigenvalue weighted by atomic mass is 10.2. The molecular weight excluding hydrogens is 380 g/mol. The first-order valence-corrected chi connectivity index (χ1v) is 10.7. The number of rotatable bonds is 7. The first kappa shape index (κ1) is 20.3. The van der Waals surface area contributed by atoms with Crippen molar-refractivity contribution in [3.63, 3.8) is 0 Å². The van der Waals surface area contributed by atoms with Crippen LogP contribution in [0.1, 0.15) is 19.4 Å². The van der Waals surface area contributed by atoms with Gasteiger partial charge in [0.2, 0.25) is 12.7 Å². The van der Waals surface area contributed by atoms with Crippen molar-refractivity contribution in [2.24, 2.45) is 0 Å². The third-order valence-electron chi connectivity index (χ3n) is 5.88. The van der Waals surface area contributed by atoms with Crippen molar-refractivity contribution in [1.82, 2.24) is 5.32 Å². The predicted octanol–water partition coefficient (Wildman–Crippen LogP) is 1.26. The fourth-order valence-electron chi connectivity index (χ4n) is 3.91. The van der Waals surface area contributed by atoms with Crippen molar-refractivity contribution in [3.8, 4) is 11.5 Å². The number of benzene rings is 2. The summed E-state index contributed by atoms with van der Waals surface area (Å²) in [4.78, 5) is 16.6. The summed E-state index contributed by atoms with van der Waals surface area (Å²) in [5, 5.41) is 6.26. The van der Waals surface area contributed by atoms with E-state index in [1.165, 1.54) is 25.3 Å². The topological polar surface area (TPSA) is 67.3 Å². The van der Waals surface area contributed by atoms with E-state index in [-0.39, 0.29) is 18.7 Å². The Hall–Kier alpha value is -2.93. The molecule has 0 aliphatic carbocycles. The molecule has 0 radical (unpaired) electrons. The Labute approximate surface area is 177 Å². The third kappa shape index (κ3) is 4.79. The van der Waals surface area contributed by atoms with Crippen LogP contribution in [0.4, 0.5) is 11.4 Å². The van der Waals surface area contributed by atoms with E-state index in [4.69, 9.17) is 9.47 Å².